The van der Waals surface area contributed by atoms with Crippen LogP contribution >= 0.6 is 0 Å². The highest BCUT2D eigenvalue weighted by Gasteiger charge is 2.28. The first-order chi connectivity index (χ1) is 13.3. The van der Waals surface area contributed by atoms with Crippen LogP contribution in [0, 0.1) is 0 Å². The van der Waals surface area contributed by atoms with Crippen LogP contribution in [0.3, 0.4) is 0 Å². The summed E-state index contributed by atoms with van der Waals surface area (Å²) in [5.74, 6) is 1.94. The van der Waals surface area contributed by atoms with Gasteiger partial charge < -0.3 is 5.73 Å². The Kier molecular flexibility index (Phi) is 3.82. The highest BCUT2D eigenvalue weighted by Crippen LogP contribution is 2.41. The number of rotatable bonds is 4. The molecule has 0 saturated heterocycles. The molecule has 0 aliphatic heterocycles. The van der Waals surface area contributed by atoms with E-state index in [4.69, 9.17) is 10.7 Å². The molecule has 4 nitrogen and oxygen atoms in total. The van der Waals surface area contributed by atoms with Crippen molar-refractivity contribution in [1.82, 2.24) is 15.0 Å². The molecule has 2 heterocycles. The molecule has 1 aliphatic carbocycles. The lowest BCUT2D eigenvalue weighted by atomic mass is 9.92. The minimum atomic E-state index is 0.477. The number of hydrogen-bond acceptors (Lipinski definition) is 4. The molecule has 5 rings (SSSR count). The van der Waals surface area contributed by atoms with Crippen molar-refractivity contribution in [3.8, 4) is 11.1 Å². The number of nitrogens with zero attached hydrogens (tertiary/aromatic N) is 3. The number of anilines is 1. The Hall–Kier alpha value is -3.27. The summed E-state index contributed by atoms with van der Waals surface area (Å²) in [6.07, 6.45) is 4.89. The second kappa shape index (κ2) is 6.47. The van der Waals surface area contributed by atoms with Gasteiger partial charge in [-0.05, 0) is 47.7 Å². The van der Waals surface area contributed by atoms with Crippen LogP contribution in [-0.2, 0) is 6.42 Å². The van der Waals surface area contributed by atoms with Crippen molar-refractivity contribution >= 4 is 16.7 Å². The van der Waals surface area contributed by atoms with E-state index in [1.54, 1.807) is 0 Å². The van der Waals surface area contributed by atoms with Crippen LogP contribution in [0.25, 0.3) is 22.0 Å². The number of nitrogens with two attached hydrogens (primary N) is 1. The van der Waals surface area contributed by atoms with E-state index in [1.807, 2.05) is 36.5 Å². The van der Waals surface area contributed by atoms with Gasteiger partial charge in [-0.3, -0.25) is 4.98 Å². The fraction of sp³-hybridized carbons (Fsp3) is 0.174. The summed E-state index contributed by atoms with van der Waals surface area (Å²) in [5.41, 5.74) is 11.8. The summed E-state index contributed by atoms with van der Waals surface area (Å²) < 4.78 is 0. The number of aromatic nitrogens is 3. The Bertz CT molecular complexity index is 1100. The van der Waals surface area contributed by atoms with Crippen LogP contribution in [0.2, 0.25) is 0 Å². The molecule has 4 aromatic rings. The lowest BCUT2D eigenvalue weighted by molar-refractivity contribution is 0.952. The molecule has 0 amide bonds. The number of nitrogen functional groups attached to an aromatic ring is 1. The molecule has 132 valence electrons. The largest absolute Gasteiger partial charge is 0.383 e. The molecule has 2 aromatic carbocycles. The van der Waals surface area contributed by atoms with Crippen molar-refractivity contribution in [3.05, 3.63) is 83.9 Å². The number of pyridine rings is 1. The van der Waals surface area contributed by atoms with Gasteiger partial charge in [-0.1, -0.05) is 42.5 Å². The SMILES string of the molecule is Nc1nc(C2CC2)nc2ccc(Cc3ccccn3)c(-c3ccccc3)c12. The third-order valence-corrected chi connectivity index (χ3v) is 5.10. The standard InChI is InChI=1S/C23H20N4/c24-22-21-19(26-23(27-22)16-9-10-16)12-11-17(14-18-8-4-5-13-25-18)20(21)15-6-2-1-3-7-15/h1-8,11-13,16H,9-10,14H2,(H2,24,26,27). The third-order valence-electron chi connectivity index (χ3n) is 5.10. The lowest BCUT2D eigenvalue weighted by Crippen LogP contribution is -2.03. The molecular weight excluding hydrogens is 332 g/mol. The van der Waals surface area contributed by atoms with Gasteiger partial charge in [0.25, 0.3) is 0 Å². The molecule has 1 aliphatic rings. The average molecular weight is 352 g/mol. The van der Waals surface area contributed by atoms with Crippen LogP contribution in [0.1, 0.15) is 35.8 Å². The minimum Gasteiger partial charge on any atom is -0.383 e. The second-order valence-corrected chi connectivity index (χ2v) is 7.10. The average Bonchev–Trinajstić information content (AvgIpc) is 3.55. The summed E-state index contributed by atoms with van der Waals surface area (Å²) in [7, 11) is 0. The first kappa shape index (κ1) is 15.9. The van der Waals surface area contributed by atoms with Gasteiger partial charge >= 0.3 is 0 Å². The Labute approximate surface area is 158 Å². The highest BCUT2D eigenvalue weighted by atomic mass is 15.0. The van der Waals surface area contributed by atoms with Crippen molar-refractivity contribution in [2.45, 2.75) is 25.2 Å². The number of benzene rings is 2. The van der Waals surface area contributed by atoms with Gasteiger partial charge in [0.05, 0.1) is 10.9 Å². The third kappa shape index (κ3) is 3.04. The van der Waals surface area contributed by atoms with E-state index in [2.05, 4.69) is 40.3 Å². The highest BCUT2D eigenvalue weighted by molar-refractivity contribution is 6.02. The molecule has 0 spiro atoms. The summed E-state index contributed by atoms with van der Waals surface area (Å²) in [6.45, 7) is 0. The first-order valence-corrected chi connectivity index (χ1v) is 9.34. The molecule has 4 heteroatoms. The van der Waals surface area contributed by atoms with E-state index < -0.39 is 0 Å². The van der Waals surface area contributed by atoms with Crippen LogP contribution in [-0.4, -0.2) is 15.0 Å². The Morgan fingerprint density at radius 2 is 1.70 bits per heavy atom. The van der Waals surface area contributed by atoms with Crippen LogP contribution in [0.4, 0.5) is 5.82 Å². The smallest absolute Gasteiger partial charge is 0.135 e. The summed E-state index contributed by atoms with van der Waals surface area (Å²) >= 11 is 0. The summed E-state index contributed by atoms with van der Waals surface area (Å²) in [5, 5.41) is 0.944. The van der Waals surface area contributed by atoms with E-state index in [0.29, 0.717) is 11.7 Å². The fourth-order valence-corrected chi connectivity index (χ4v) is 3.62. The molecule has 0 atom stereocenters. The minimum absolute atomic E-state index is 0.477. The van der Waals surface area contributed by atoms with E-state index in [9.17, 15) is 0 Å². The van der Waals surface area contributed by atoms with Crippen molar-refractivity contribution in [2.75, 3.05) is 5.73 Å². The van der Waals surface area contributed by atoms with Gasteiger partial charge in [-0.15, -0.1) is 0 Å². The van der Waals surface area contributed by atoms with Gasteiger partial charge in [0, 0.05) is 24.2 Å². The second-order valence-electron chi connectivity index (χ2n) is 7.10. The molecule has 2 aromatic heterocycles. The molecule has 0 radical (unpaired) electrons. The zero-order valence-electron chi connectivity index (χ0n) is 15.0. The predicted molar refractivity (Wildman–Crippen MR) is 108 cm³/mol. The van der Waals surface area contributed by atoms with Crippen LogP contribution in [0.15, 0.2) is 66.9 Å². The maximum absolute atomic E-state index is 6.46. The number of hydrogen-bond donors (Lipinski definition) is 1. The van der Waals surface area contributed by atoms with Crippen LogP contribution < -0.4 is 5.73 Å². The van der Waals surface area contributed by atoms with E-state index in [-0.39, 0.29) is 0 Å². The zero-order chi connectivity index (χ0) is 18.2. The van der Waals surface area contributed by atoms with E-state index >= 15 is 0 Å². The Morgan fingerprint density at radius 3 is 2.44 bits per heavy atom. The van der Waals surface area contributed by atoms with Gasteiger partial charge in [0.2, 0.25) is 0 Å². The van der Waals surface area contributed by atoms with Gasteiger partial charge in [-0.25, -0.2) is 9.97 Å². The van der Waals surface area contributed by atoms with Crippen molar-refractivity contribution in [3.63, 3.8) is 0 Å². The van der Waals surface area contributed by atoms with Crippen LogP contribution in [0.5, 0.6) is 0 Å². The van der Waals surface area contributed by atoms with Gasteiger partial charge in [-0.2, -0.15) is 0 Å². The quantitative estimate of drug-likeness (QED) is 0.576. The maximum atomic E-state index is 6.46. The van der Waals surface area contributed by atoms with Crippen molar-refractivity contribution in [1.29, 1.82) is 0 Å². The Balaban J connectivity index is 1.74. The maximum Gasteiger partial charge on any atom is 0.135 e. The lowest BCUT2D eigenvalue weighted by Gasteiger charge is -2.15. The molecule has 1 fully saturated rings. The molecular formula is C23H20N4. The molecule has 0 bridgehead atoms. The normalized spacial score (nSPS) is 13.8. The molecule has 1 saturated carbocycles. The summed E-state index contributed by atoms with van der Waals surface area (Å²) in [6, 6.07) is 20.6. The van der Waals surface area contributed by atoms with Gasteiger partial charge in [0.15, 0.2) is 0 Å². The Morgan fingerprint density at radius 1 is 0.889 bits per heavy atom. The van der Waals surface area contributed by atoms with Crippen molar-refractivity contribution in [2.24, 2.45) is 0 Å². The zero-order valence-corrected chi connectivity index (χ0v) is 15.0. The molecule has 27 heavy (non-hydrogen) atoms. The monoisotopic (exact) mass is 352 g/mol. The van der Waals surface area contributed by atoms with Crippen molar-refractivity contribution < 1.29 is 0 Å². The first-order valence-electron chi connectivity index (χ1n) is 9.34. The van der Waals surface area contributed by atoms with E-state index in [0.717, 1.165) is 52.8 Å². The topological polar surface area (TPSA) is 64.7 Å². The molecule has 0 unspecified atom stereocenters. The van der Waals surface area contributed by atoms with E-state index in [1.165, 1.54) is 5.56 Å². The summed E-state index contributed by atoms with van der Waals surface area (Å²) in [4.78, 5) is 14.0. The number of fused-ring (bicyclic) bond motifs is 1. The fourth-order valence-electron chi connectivity index (χ4n) is 3.62. The molecule has 2 N–H and O–H groups in total. The van der Waals surface area contributed by atoms with Gasteiger partial charge in [0.1, 0.15) is 11.6 Å². The predicted octanol–water partition coefficient (Wildman–Crippen LogP) is 4.74.